The lowest BCUT2D eigenvalue weighted by Gasteiger charge is -2.04. The van der Waals surface area contributed by atoms with Crippen molar-refractivity contribution in [2.75, 3.05) is 6.54 Å². The van der Waals surface area contributed by atoms with E-state index in [0.29, 0.717) is 12.2 Å². The number of fused-ring (bicyclic) bond motifs is 1. The molecule has 0 fully saturated rings. The minimum atomic E-state index is -0.0400. The van der Waals surface area contributed by atoms with Gasteiger partial charge in [-0.15, -0.1) is 0 Å². The average Bonchev–Trinajstić information content (AvgIpc) is 2.90. The number of pyridine rings is 1. The Morgan fingerprint density at radius 3 is 2.79 bits per heavy atom. The number of H-pyrrole nitrogens is 1. The lowest BCUT2D eigenvalue weighted by Crippen LogP contribution is -2.25. The van der Waals surface area contributed by atoms with Crippen LogP contribution in [0.3, 0.4) is 0 Å². The maximum absolute atomic E-state index is 12.5. The molecule has 4 nitrogen and oxygen atoms in total. The first kappa shape index (κ1) is 16.2. The summed E-state index contributed by atoms with van der Waals surface area (Å²) in [5.74, 6) is -0.0400. The monoisotopic (exact) mass is 321 g/mol. The number of amides is 1. The molecule has 0 saturated carbocycles. The van der Waals surface area contributed by atoms with Crippen LogP contribution in [0.2, 0.25) is 0 Å². The van der Waals surface area contributed by atoms with Crippen LogP contribution < -0.4 is 5.32 Å². The van der Waals surface area contributed by atoms with Gasteiger partial charge in [0, 0.05) is 29.3 Å². The topological polar surface area (TPSA) is 57.8 Å². The van der Waals surface area contributed by atoms with Gasteiger partial charge in [-0.3, -0.25) is 9.78 Å². The van der Waals surface area contributed by atoms with Gasteiger partial charge in [-0.05, 0) is 62.9 Å². The van der Waals surface area contributed by atoms with E-state index in [0.717, 1.165) is 35.0 Å². The number of hydrogen-bond donors (Lipinski definition) is 2. The van der Waals surface area contributed by atoms with E-state index in [1.165, 1.54) is 11.1 Å². The number of nitrogens with zero attached hydrogens (tertiary/aromatic N) is 1. The van der Waals surface area contributed by atoms with E-state index >= 15 is 0 Å². The summed E-state index contributed by atoms with van der Waals surface area (Å²) in [5, 5.41) is 4.14. The van der Waals surface area contributed by atoms with Gasteiger partial charge in [-0.1, -0.05) is 17.7 Å². The molecular weight excluding hydrogens is 298 g/mol. The molecule has 0 saturated heterocycles. The Hall–Kier alpha value is -2.62. The van der Waals surface area contributed by atoms with E-state index in [1.807, 2.05) is 25.1 Å². The summed E-state index contributed by atoms with van der Waals surface area (Å²) in [5.41, 5.74) is 6.17. The number of aromatic nitrogens is 2. The maximum Gasteiger partial charge on any atom is 0.268 e. The van der Waals surface area contributed by atoms with E-state index in [2.05, 4.69) is 41.3 Å². The van der Waals surface area contributed by atoms with Crippen LogP contribution in [0, 0.1) is 20.8 Å². The molecule has 1 amide bonds. The molecule has 0 radical (unpaired) electrons. The summed E-state index contributed by atoms with van der Waals surface area (Å²) in [6, 6.07) is 10.2. The number of nitrogens with one attached hydrogen (secondary N) is 2. The first-order valence-electron chi connectivity index (χ1n) is 8.34. The van der Waals surface area contributed by atoms with Crippen molar-refractivity contribution in [2.24, 2.45) is 0 Å². The lowest BCUT2D eigenvalue weighted by molar-refractivity contribution is 0.0948. The van der Waals surface area contributed by atoms with Crippen LogP contribution in [-0.2, 0) is 6.42 Å². The second kappa shape index (κ2) is 6.87. The Balaban J connectivity index is 1.66. The number of hydrogen-bond acceptors (Lipinski definition) is 2. The molecule has 2 aromatic heterocycles. The van der Waals surface area contributed by atoms with Gasteiger partial charge in [0.05, 0.1) is 0 Å². The van der Waals surface area contributed by atoms with Crippen LogP contribution >= 0.6 is 0 Å². The molecule has 0 aliphatic heterocycles. The molecule has 3 aromatic rings. The number of aryl methyl sites for hydroxylation is 4. The second-order valence-corrected chi connectivity index (χ2v) is 6.31. The summed E-state index contributed by atoms with van der Waals surface area (Å²) in [7, 11) is 0. The summed E-state index contributed by atoms with van der Waals surface area (Å²) in [4.78, 5) is 20.1. The van der Waals surface area contributed by atoms with Gasteiger partial charge >= 0.3 is 0 Å². The summed E-state index contributed by atoms with van der Waals surface area (Å²) < 4.78 is 0. The number of benzene rings is 1. The van der Waals surface area contributed by atoms with Crippen LogP contribution in [0.1, 0.15) is 39.3 Å². The average molecular weight is 321 g/mol. The highest BCUT2D eigenvalue weighted by molar-refractivity contribution is 6.01. The molecular formula is C20H23N3O. The van der Waals surface area contributed by atoms with Crippen LogP contribution in [-0.4, -0.2) is 22.4 Å². The van der Waals surface area contributed by atoms with Crippen molar-refractivity contribution in [1.82, 2.24) is 15.3 Å². The van der Waals surface area contributed by atoms with Crippen molar-refractivity contribution in [1.29, 1.82) is 0 Å². The van der Waals surface area contributed by atoms with Gasteiger partial charge in [-0.25, -0.2) is 0 Å². The smallest absolute Gasteiger partial charge is 0.268 e. The molecule has 0 atom stereocenters. The first-order valence-corrected chi connectivity index (χ1v) is 8.34. The van der Waals surface area contributed by atoms with Crippen molar-refractivity contribution >= 4 is 16.8 Å². The third kappa shape index (κ3) is 3.32. The highest BCUT2D eigenvalue weighted by atomic mass is 16.1. The Labute approximate surface area is 142 Å². The summed E-state index contributed by atoms with van der Waals surface area (Å²) in [6.45, 7) is 6.79. The van der Waals surface area contributed by atoms with E-state index < -0.39 is 0 Å². The van der Waals surface area contributed by atoms with Gasteiger partial charge < -0.3 is 10.3 Å². The Bertz CT molecular complexity index is 865. The summed E-state index contributed by atoms with van der Waals surface area (Å²) >= 11 is 0. The molecule has 3 rings (SSSR count). The van der Waals surface area contributed by atoms with Crippen molar-refractivity contribution in [3.63, 3.8) is 0 Å². The van der Waals surface area contributed by atoms with Crippen molar-refractivity contribution in [3.8, 4) is 0 Å². The second-order valence-electron chi connectivity index (χ2n) is 6.31. The number of aromatic amines is 1. The van der Waals surface area contributed by atoms with Crippen LogP contribution in [0.4, 0.5) is 0 Å². The quantitative estimate of drug-likeness (QED) is 0.701. The first-order chi connectivity index (χ1) is 11.6. The molecule has 0 unspecified atom stereocenters. The zero-order valence-corrected chi connectivity index (χ0v) is 14.4. The van der Waals surface area contributed by atoms with E-state index in [-0.39, 0.29) is 5.91 Å². The van der Waals surface area contributed by atoms with Crippen LogP contribution in [0.25, 0.3) is 10.9 Å². The number of carbonyl (C=O) groups excluding carboxylic acids is 1. The van der Waals surface area contributed by atoms with Crippen molar-refractivity contribution < 1.29 is 4.79 Å². The molecule has 2 heterocycles. The SMILES string of the molecule is Cc1cc(C)c2[nH]c(C(=O)NCCCc3ccccn3)c(C)c2c1. The van der Waals surface area contributed by atoms with E-state index in [4.69, 9.17) is 0 Å². The third-order valence-electron chi connectivity index (χ3n) is 4.36. The van der Waals surface area contributed by atoms with Crippen LogP contribution in [0.15, 0.2) is 36.5 Å². The maximum atomic E-state index is 12.5. The van der Waals surface area contributed by atoms with Crippen molar-refractivity contribution in [2.45, 2.75) is 33.6 Å². The molecule has 0 bridgehead atoms. The minimum Gasteiger partial charge on any atom is -0.351 e. The molecule has 0 aliphatic rings. The Kier molecular flexibility index (Phi) is 4.65. The fourth-order valence-electron chi connectivity index (χ4n) is 3.12. The fraction of sp³-hybridized carbons (Fsp3) is 0.300. The molecule has 1 aromatic carbocycles. The normalized spacial score (nSPS) is 11.0. The number of rotatable bonds is 5. The van der Waals surface area contributed by atoms with Gasteiger partial charge in [-0.2, -0.15) is 0 Å². The highest BCUT2D eigenvalue weighted by Gasteiger charge is 2.15. The highest BCUT2D eigenvalue weighted by Crippen LogP contribution is 2.25. The van der Waals surface area contributed by atoms with Gasteiger partial charge in [0.15, 0.2) is 0 Å². The van der Waals surface area contributed by atoms with E-state index in [1.54, 1.807) is 6.20 Å². The van der Waals surface area contributed by atoms with Crippen molar-refractivity contribution in [3.05, 3.63) is 64.6 Å². The predicted molar refractivity (Wildman–Crippen MR) is 97.4 cm³/mol. The predicted octanol–water partition coefficient (Wildman–Crippen LogP) is 3.85. The Morgan fingerprint density at radius 2 is 2.04 bits per heavy atom. The molecule has 4 heteroatoms. The molecule has 124 valence electrons. The standard InChI is InChI=1S/C20H23N3O/c1-13-11-14(2)18-17(12-13)15(3)19(23-18)20(24)22-10-6-8-16-7-4-5-9-21-16/h4-5,7,9,11-12,23H,6,8,10H2,1-3H3,(H,22,24). The third-order valence-corrected chi connectivity index (χ3v) is 4.36. The largest absolute Gasteiger partial charge is 0.351 e. The zero-order valence-electron chi connectivity index (χ0n) is 14.4. The molecule has 0 aliphatic carbocycles. The Morgan fingerprint density at radius 1 is 1.21 bits per heavy atom. The lowest BCUT2D eigenvalue weighted by atomic mass is 10.1. The summed E-state index contributed by atoms with van der Waals surface area (Å²) in [6.07, 6.45) is 3.54. The van der Waals surface area contributed by atoms with Gasteiger partial charge in [0.25, 0.3) is 5.91 Å². The van der Waals surface area contributed by atoms with E-state index in [9.17, 15) is 4.79 Å². The minimum absolute atomic E-state index is 0.0400. The fourth-order valence-corrected chi connectivity index (χ4v) is 3.12. The van der Waals surface area contributed by atoms with Gasteiger partial charge in [0.1, 0.15) is 5.69 Å². The molecule has 0 spiro atoms. The van der Waals surface area contributed by atoms with Gasteiger partial charge in [0.2, 0.25) is 0 Å². The molecule has 2 N–H and O–H groups in total. The zero-order chi connectivity index (χ0) is 17.1. The molecule has 24 heavy (non-hydrogen) atoms. The van der Waals surface area contributed by atoms with Crippen LogP contribution in [0.5, 0.6) is 0 Å². The number of carbonyl (C=O) groups is 1.